The second kappa shape index (κ2) is 10.9. The number of halogens is 1. The molecule has 1 aromatic heterocycles. The summed E-state index contributed by atoms with van der Waals surface area (Å²) in [5.41, 5.74) is 0.0865. The van der Waals surface area contributed by atoms with E-state index in [1.165, 1.54) is 22.7 Å². The summed E-state index contributed by atoms with van der Waals surface area (Å²) in [5, 5.41) is 12.2. The van der Waals surface area contributed by atoms with Crippen LogP contribution in [0.5, 0.6) is 0 Å². The van der Waals surface area contributed by atoms with Crippen LogP contribution in [0.2, 0.25) is 0 Å². The summed E-state index contributed by atoms with van der Waals surface area (Å²) in [6.45, 7) is 3.70. The smallest absolute Gasteiger partial charge is 0.261 e. The number of ketones is 1. The van der Waals surface area contributed by atoms with E-state index in [1.54, 1.807) is 19.1 Å². The van der Waals surface area contributed by atoms with Crippen molar-refractivity contribution < 1.29 is 19.1 Å². The van der Waals surface area contributed by atoms with Crippen molar-refractivity contribution in [1.29, 1.82) is 0 Å². The minimum Gasteiger partial charge on any atom is -0.513 e. The highest BCUT2D eigenvalue weighted by Gasteiger charge is 2.27. The summed E-state index contributed by atoms with van der Waals surface area (Å²) < 4.78 is 14.1. The minimum absolute atomic E-state index is 0.230. The topological polar surface area (TPSA) is 101 Å². The number of hydrogen-bond donors (Lipinski definition) is 2. The van der Waals surface area contributed by atoms with Crippen LogP contribution in [0.4, 0.5) is 4.39 Å². The largest absolute Gasteiger partial charge is 0.513 e. The lowest BCUT2D eigenvalue weighted by molar-refractivity contribution is -0.130. The van der Waals surface area contributed by atoms with Gasteiger partial charge in [0, 0.05) is 16.2 Å². The molecule has 0 spiro atoms. The first-order chi connectivity index (χ1) is 15.8. The molecule has 172 valence electrons. The molecule has 0 fully saturated rings. The van der Waals surface area contributed by atoms with Gasteiger partial charge in [0.1, 0.15) is 12.7 Å². The van der Waals surface area contributed by atoms with Crippen LogP contribution in [-0.2, 0) is 9.59 Å². The molecule has 3 rings (SSSR count). The van der Waals surface area contributed by atoms with Gasteiger partial charge in [-0.1, -0.05) is 43.5 Å². The van der Waals surface area contributed by atoms with E-state index < -0.39 is 36.0 Å². The van der Waals surface area contributed by atoms with Gasteiger partial charge in [-0.15, -0.1) is 0 Å². The highest BCUT2D eigenvalue weighted by molar-refractivity contribution is 7.99. The number of amides is 1. The van der Waals surface area contributed by atoms with Crippen molar-refractivity contribution in [2.45, 2.75) is 41.6 Å². The lowest BCUT2D eigenvalue weighted by Crippen LogP contribution is -2.46. The lowest BCUT2D eigenvalue weighted by atomic mass is 10.1. The molecular formula is C24H24FN3O4S. The summed E-state index contributed by atoms with van der Waals surface area (Å²) in [6.07, 6.45) is 1.21. The second-order valence-electron chi connectivity index (χ2n) is 7.41. The number of aromatic nitrogens is 2. The fourth-order valence-corrected chi connectivity index (χ4v) is 4.25. The summed E-state index contributed by atoms with van der Waals surface area (Å²) in [6, 6.07) is 12.8. The molecule has 0 saturated heterocycles. The van der Waals surface area contributed by atoms with Crippen LogP contribution in [0.15, 0.2) is 81.8 Å². The van der Waals surface area contributed by atoms with Gasteiger partial charge in [0.15, 0.2) is 5.78 Å². The van der Waals surface area contributed by atoms with Crippen molar-refractivity contribution in [3.8, 4) is 0 Å². The zero-order valence-electron chi connectivity index (χ0n) is 18.0. The fraction of sp³-hybridized carbons (Fsp3) is 0.250. The number of Topliss-reactive ketones (excluding diaryl/α,β-unsaturated/α-hetero) is 1. The molecule has 1 amide bonds. The highest BCUT2D eigenvalue weighted by Crippen LogP contribution is 2.28. The predicted octanol–water partition coefficient (Wildman–Crippen LogP) is 3.98. The zero-order valence-corrected chi connectivity index (χ0v) is 18.8. The monoisotopic (exact) mass is 469 g/mol. The number of aliphatic hydroxyl groups excluding tert-OH is 1. The van der Waals surface area contributed by atoms with E-state index in [1.807, 2.05) is 36.4 Å². The van der Waals surface area contributed by atoms with Crippen molar-refractivity contribution in [3.05, 3.63) is 77.6 Å². The van der Waals surface area contributed by atoms with E-state index in [0.717, 1.165) is 9.79 Å². The Morgan fingerprint density at radius 2 is 1.94 bits per heavy atom. The number of carbonyl (C=O) groups excluding carboxylic acids is 2. The van der Waals surface area contributed by atoms with Crippen LogP contribution in [0.1, 0.15) is 25.8 Å². The maximum absolute atomic E-state index is 13.2. The minimum atomic E-state index is -1.30. The van der Waals surface area contributed by atoms with Gasteiger partial charge in [-0.2, -0.15) is 0 Å². The molecule has 0 aliphatic heterocycles. The number of benzene rings is 2. The van der Waals surface area contributed by atoms with Crippen molar-refractivity contribution in [1.82, 2.24) is 14.9 Å². The molecule has 1 heterocycles. The van der Waals surface area contributed by atoms with Gasteiger partial charge in [0.05, 0.1) is 29.0 Å². The van der Waals surface area contributed by atoms with Crippen LogP contribution >= 0.6 is 11.8 Å². The second-order valence-corrected chi connectivity index (χ2v) is 8.55. The first-order valence-corrected chi connectivity index (χ1v) is 11.1. The molecule has 2 N–H and O–H groups in total. The molecule has 33 heavy (non-hydrogen) atoms. The quantitative estimate of drug-likeness (QED) is 0.436. The van der Waals surface area contributed by atoms with Gasteiger partial charge >= 0.3 is 0 Å². The number of nitrogens with zero attached hydrogens (tertiary/aromatic N) is 2. The van der Waals surface area contributed by atoms with Gasteiger partial charge < -0.3 is 10.4 Å². The molecule has 2 aromatic carbocycles. The molecule has 9 heteroatoms. The highest BCUT2D eigenvalue weighted by atomic mass is 32.2. The number of alkyl halides is 1. The van der Waals surface area contributed by atoms with Crippen LogP contribution in [0.3, 0.4) is 0 Å². The summed E-state index contributed by atoms with van der Waals surface area (Å²) in [4.78, 5) is 44.1. The van der Waals surface area contributed by atoms with Crippen LogP contribution in [-0.4, -0.2) is 39.1 Å². The normalized spacial score (nSPS) is 12.8. The average Bonchev–Trinajstić information content (AvgIpc) is 2.80. The molecule has 0 saturated carbocycles. The molecule has 0 bridgehead atoms. The Morgan fingerprint density at radius 3 is 2.58 bits per heavy atom. The van der Waals surface area contributed by atoms with Crippen LogP contribution < -0.4 is 10.9 Å². The van der Waals surface area contributed by atoms with Gasteiger partial charge in [-0.05, 0) is 36.8 Å². The predicted molar refractivity (Wildman–Crippen MR) is 125 cm³/mol. The average molecular weight is 470 g/mol. The Kier molecular flexibility index (Phi) is 8.00. The first-order valence-electron chi connectivity index (χ1n) is 10.3. The molecule has 0 aliphatic rings. The first kappa shape index (κ1) is 24.2. The van der Waals surface area contributed by atoms with E-state index in [2.05, 4.69) is 16.9 Å². The number of carbonyl (C=O) groups is 2. The van der Waals surface area contributed by atoms with Crippen molar-refractivity contribution in [2.75, 3.05) is 6.67 Å². The fourth-order valence-electron chi connectivity index (χ4n) is 3.38. The molecule has 0 radical (unpaired) electrons. The Morgan fingerprint density at radius 1 is 1.21 bits per heavy atom. The molecule has 2 atom stereocenters. The summed E-state index contributed by atoms with van der Waals surface area (Å²) >= 11 is 1.50. The maximum atomic E-state index is 13.2. The molecule has 1 unspecified atom stereocenters. The van der Waals surface area contributed by atoms with Crippen molar-refractivity contribution in [3.63, 3.8) is 0 Å². The van der Waals surface area contributed by atoms with E-state index in [-0.39, 0.29) is 18.6 Å². The number of aliphatic hydroxyl groups is 1. The third-order valence-electron chi connectivity index (χ3n) is 5.03. The third kappa shape index (κ3) is 5.87. The Hall–Kier alpha value is -3.46. The Bertz CT molecular complexity index is 1230. The van der Waals surface area contributed by atoms with E-state index >= 15 is 0 Å². The van der Waals surface area contributed by atoms with Crippen LogP contribution in [0.25, 0.3) is 10.9 Å². The molecular weight excluding hydrogens is 445 g/mol. The molecule has 3 aromatic rings. The van der Waals surface area contributed by atoms with E-state index in [9.17, 15) is 23.9 Å². The van der Waals surface area contributed by atoms with Gasteiger partial charge in [-0.25, -0.2) is 9.37 Å². The number of nitrogens with one attached hydrogen (secondary N) is 1. The summed E-state index contributed by atoms with van der Waals surface area (Å²) in [7, 11) is 0. The van der Waals surface area contributed by atoms with E-state index in [4.69, 9.17) is 0 Å². The third-order valence-corrected chi connectivity index (χ3v) is 6.03. The maximum Gasteiger partial charge on any atom is 0.261 e. The van der Waals surface area contributed by atoms with Gasteiger partial charge in [0.2, 0.25) is 5.91 Å². The van der Waals surface area contributed by atoms with Crippen molar-refractivity contribution >= 4 is 34.4 Å². The van der Waals surface area contributed by atoms with Gasteiger partial charge in [-0.3, -0.25) is 19.0 Å². The lowest BCUT2D eigenvalue weighted by Gasteiger charge is -2.22. The summed E-state index contributed by atoms with van der Waals surface area (Å²) in [5.74, 6) is -1.90. The molecule has 0 aliphatic carbocycles. The number of rotatable bonds is 10. The number of hydrogen-bond acceptors (Lipinski definition) is 6. The molecule has 7 nitrogen and oxygen atoms in total. The van der Waals surface area contributed by atoms with Crippen molar-refractivity contribution in [2.24, 2.45) is 0 Å². The zero-order chi connectivity index (χ0) is 24.0. The van der Waals surface area contributed by atoms with Crippen LogP contribution in [0, 0.1) is 0 Å². The SMILES string of the molecule is C=C(O)CC(NC(=O)[C@H](CC)n1cnc2ccc(Sc3ccccc3)cc2c1=O)C(=O)CF. The van der Waals surface area contributed by atoms with Gasteiger partial charge in [0.25, 0.3) is 5.56 Å². The standard InChI is InChI=1S/C24H24FN3O4S/c1-3-21(23(31)27-20(11-15(2)29)22(30)13-25)28-14-26-19-10-9-17(12-18(19)24(28)32)33-16-7-5-4-6-8-16/h4-10,12,14,20-21,29H,2-3,11,13H2,1H3,(H,27,31)/t20?,21-/m0/s1. The number of fused-ring (bicyclic) bond motifs is 1. The Balaban J connectivity index is 1.92. The Labute approximate surface area is 194 Å². The van der Waals surface area contributed by atoms with E-state index in [0.29, 0.717) is 10.9 Å².